The highest BCUT2D eigenvalue weighted by Gasteiger charge is 2.70. The van der Waals surface area contributed by atoms with E-state index < -0.39 is 23.4 Å². The number of imide groups is 1. The molecule has 7 nitrogen and oxygen atoms in total. The van der Waals surface area contributed by atoms with E-state index >= 15 is 0 Å². The standard InChI is InChI=1S/C29H26ClN3O4/c1-16-21(30)12-11-20-25(16)31-28(37)29(20)24-23(22(32-29)15-18-7-9-19(34)10-8-18)26(35)33(27(24)36)14-13-17-5-3-2-4-6-17/h2-12,22-24,32,34H,13-15H2,1H3,(H,31,37)/t22-,23+,24-,29-/m0/s1. The average molecular weight is 516 g/mol. The van der Waals surface area contributed by atoms with Crippen LogP contribution in [0.5, 0.6) is 5.75 Å². The Morgan fingerprint density at radius 3 is 2.41 bits per heavy atom. The second-order valence-corrected chi connectivity index (χ2v) is 10.5. The molecule has 8 heteroatoms. The number of likely N-dealkylation sites (tertiary alicyclic amines) is 1. The molecule has 3 heterocycles. The van der Waals surface area contributed by atoms with Gasteiger partial charge in [-0.2, -0.15) is 0 Å². The molecule has 1 spiro atoms. The molecule has 4 atom stereocenters. The number of phenolic OH excluding ortho intramolecular Hbond substituents is 1. The van der Waals surface area contributed by atoms with Crippen molar-refractivity contribution in [3.63, 3.8) is 0 Å². The molecule has 0 saturated carbocycles. The van der Waals surface area contributed by atoms with E-state index in [9.17, 15) is 19.5 Å². The fourth-order valence-electron chi connectivity index (χ4n) is 6.22. The Hall–Kier alpha value is -3.68. The predicted molar refractivity (Wildman–Crippen MR) is 139 cm³/mol. The van der Waals surface area contributed by atoms with E-state index in [0.717, 1.165) is 16.7 Å². The van der Waals surface area contributed by atoms with Crippen LogP contribution in [0.3, 0.4) is 0 Å². The van der Waals surface area contributed by atoms with E-state index in [1.54, 1.807) is 36.4 Å². The first-order valence-electron chi connectivity index (χ1n) is 12.4. The molecule has 3 aromatic rings. The Morgan fingerprint density at radius 1 is 0.946 bits per heavy atom. The second kappa shape index (κ2) is 8.71. The molecule has 37 heavy (non-hydrogen) atoms. The van der Waals surface area contributed by atoms with Crippen molar-refractivity contribution in [1.29, 1.82) is 0 Å². The molecule has 3 N–H and O–H groups in total. The van der Waals surface area contributed by atoms with Gasteiger partial charge in [0.05, 0.1) is 17.5 Å². The summed E-state index contributed by atoms with van der Waals surface area (Å²) in [4.78, 5) is 42.8. The summed E-state index contributed by atoms with van der Waals surface area (Å²) in [5.41, 5.74) is 2.52. The molecule has 3 amide bonds. The van der Waals surface area contributed by atoms with E-state index in [4.69, 9.17) is 11.6 Å². The van der Waals surface area contributed by atoms with E-state index in [2.05, 4.69) is 10.6 Å². The molecule has 2 fully saturated rings. The Morgan fingerprint density at radius 2 is 1.68 bits per heavy atom. The maximum Gasteiger partial charge on any atom is 0.250 e. The lowest BCUT2D eigenvalue weighted by atomic mass is 9.76. The highest BCUT2D eigenvalue weighted by atomic mass is 35.5. The van der Waals surface area contributed by atoms with Gasteiger partial charge in [0.1, 0.15) is 11.3 Å². The Bertz CT molecular complexity index is 1430. The minimum absolute atomic E-state index is 0.146. The van der Waals surface area contributed by atoms with Gasteiger partial charge in [-0.05, 0) is 54.7 Å². The zero-order chi connectivity index (χ0) is 25.9. The largest absolute Gasteiger partial charge is 0.508 e. The monoisotopic (exact) mass is 515 g/mol. The molecule has 3 aliphatic rings. The first-order valence-corrected chi connectivity index (χ1v) is 12.7. The van der Waals surface area contributed by atoms with E-state index in [1.165, 1.54) is 4.90 Å². The fourth-order valence-corrected chi connectivity index (χ4v) is 6.37. The summed E-state index contributed by atoms with van der Waals surface area (Å²) in [6.45, 7) is 2.08. The number of hydrogen-bond acceptors (Lipinski definition) is 5. The van der Waals surface area contributed by atoms with Gasteiger partial charge in [-0.1, -0.05) is 60.1 Å². The minimum atomic E-state index is -1.37. The number of benzene rings is 3. The van der Waals surface area contributed by atoms with Gasteiger partial charge in [-0.3, -0.25) is 24.6 Å². The summed E-state index contributed by atoms with van der Waals surface area (Å²) >= 11 is 6.35. The van der Waals surface area contributed by atoms with Crippen LogP contribution in [0.2, 0.25) is 5.02 Å². The number of rotatable bonds is 5. The topological polar surface area (TPSA) is 98.7 Å². The summed E-state index contributed by atoms with van der Waals surface area (Å²) in [5, 5.41) is 16.6. The third kappa shape index (κ3) is 3.56. The van der Waals surface area contributed by atoms with Crippen LogP contribution in [0.15, 0.2) is 66.7 Å². The lowest BCUT2D eigenvalue weighted by molar-refractivity contribution is -0.142. The van der Waals surface area contributed by atoms with E-state index in [-0.39, 0.29) is 30.0 Å². The Balaban J connectivity index is 1.41. The minimum Gasteiger partial charge on any atom is -0.508 e. The highest BCUT2D eigenvalue weighted by Crippen LogP contribution is 2.54. The lowest BCUT2D eigenvalue weighted by Gasteiger charge is -2.29. The first-order chi connectivity index (χ1) is 17.8. The van der Waals surface area contributed by atoms with Crippen molar-refractivity contribution >= 4 is 35.0 Å². The number of nitrogens with one attached hydrogen (secondary N) is 2. The van der Waals surface area contributed by atoms with Crippen LogP contribution in [-0.4, -0.2) is 40.3 Å². The van der Waals surface area contributed by atoms with Crippen LogP contribution in [-0.2, 0) is 32.8 Å². The van der Waals surface area contributed by atoms with Crippen LogP contribution < -0.4 is 10.6 Å². The molecule has 0 aromatic heterocycles. The number of hydrogen-bond donors (Lipinski definition) is 3. The number of phenols is 1. The predicted octanol–water partition coefficient (Wildman–Crippen LogP) is 3.56. The van der Waals surface area contributed by atoms with Gasteiger partial charge in [0.2, 0.25) is 17.7 Å². The summed E-state index contributed by atoms with van der Waals surface area (Å²) in [6.07, 6.45) is 0.961. The molecular weight excluding hydrogens is 490 g/mol. The van der Waals surface area contributed by atoms with Crippen molar-refractivity contribution in [3.8, 4) is 5.75 Å². The first kappa shape index (κ1) is 23.7. The molecule has 0 radical (unpaired) electrons. The van der Waals surface area contributed by atoms with Crippen LogP contribution in [0.4, 0.5) is 5.69 Å². The van der Waals surface area contributed by atoms with Crippen LogP contribution in [0.25, 0.3) is 0 Å². The van der Waals surface area contributed by atoms with Gasteiger partial charge in [0, 0.05) is 23.2 Å². The van der Waals surface area contributed by atoms with Crippen molar-refractivity contribution in [2.24, 2.45) is 11.8 Å². The third-order valence-corrected chi connectivity index (χ3v) is 8.44. The molecule has 0 bridgehead atoms. The number of anilines is 1. The van der Waals surface area contributed by atoms with Crippen LogP contribution >= 0.6 is 11.6 Å². The van der Waals surface area contributed by atoms with Gasteiger partial charge >= 0.3 is 0 Å². The Kier molecular flexibility index (Phi) is 5.58. The van der Waals surface area contributed by atoms with Crippen molar-refractivity contribution in [2.45, 2.75) is 31.3 Å². The number of fused-ring (bicyclic) bond motifs is 4. The third-order valence-electron chi connectivity index (χ3n) is 8.03. The molecule has 0 unspecified atom stereocenters. The van der Waals surface area contributed by atoms with Gasteiger partial charge in [0.25, 0.3) is 0 Å². The zero-order valence-corrected chi connectivity index (χ0v) is 21.0. The van der Waals surface area contributed by atoms with Crippen molar-refractivity contribution in [2.75, 3.05) is 11.9 Å². The average Bonchev–Trinajstić information content (AvgIpc) is 3.47. The normalized spacial score (nSPS) is 26.1. The SMILES string of the molecule is Cc1c(Cl)ccc2c1NC(=O)[C@]21N[C@@H](Cc2ccc(O)cc2)[C@H]2C(=O)N(CCc3ccccc3)C(=O)[C@H]21. The molecule has 6 rings (SSSR count). The second-order valence-electron chi connectivity index (χ2n) is 10.0. The van der Waals surface area contributed by atoms with Crippen LogP contribution in [0.1, 0.15) is 22.3 Å². The smallest absolute Gasteiger partial charge is 0.250 e. The number of aromatic hydroxyl groups is 1. The maximum absolute atomic E-state index is 14.0. The summed E-state index contributed by atoms with van der Waals surface area (Å²) in [5.74, 6) is -2.37. The Labute approximate surface area is 219 Å². The fraction of sp³-hybridized carbons (Fsp3) is 0.276. The number of halogens is 1. The van der Waals surface area contributed by atoms with Crippen molar-refractivity contribution in [3.05, 3.63) is 94.0 Å². The summed E-state index contributed by atoms with van der Waals surface area (Å²) in [7, 11) is 0. The summed E-state index contributed by atoms with van der Waals surface area (Å²) < 4.78 is 0. The quantitative estimate of drug-likeness (QED) is 0.451. The van der Waals surface area contributed by atoms with E-state index in [1.807, 2.05) is 37.3 Å². The highest BCUT2D eigenvalue weighted by molar-refractivity contribution is 6.32. The molecule has 3 aromatic carbocycles. The molecule has 3 aliphatic heterocycles. The van der Waals surface area contributed by atoms with Crippen LogP contribution in [0, 0.1) is 18.8 Å². The van der Waals surface area contributed by atoms with Gasteiger partial charge in [-0.15, -0.1) is 0 Å². The number of carbonyl (C=O) groups is 3. The molecule has 2 saturated heterocycles. The molecule has 188 valence electrons. The number of amides is 3. The van der Waals surface area contributed by atoms with Gasteiger partial charge in [-0.25, -0.2) is 0 Å². The van der Waals surface area contributed by atoms with Gasteiger partial charge < -0.3 is 10.4 Å². The van der Waals surface area contributed by atoms with E-state index in [0.29, 0.717) is 29.1 Å². The number of carbonyl (C=O) groups excluding carboxylic acids is 3. The lowest BCUT2D eigenvalue weighted by Crippen LogP contribution is -2.53. The maximum atomic E-state index is 14.0. The van der Waals surface area contributed by atoms with Crippen molar-refractivity contribution in [1.82, 2.24) is 10.2 Å². The summed E-state index contributed by atoms with van der Waals surface area (Å²) in [6, 6.07) is 19.5. The molecular formula is C29H26ClN3O4. The number of nitrogens with zero attached hydrogens (tertiary/aromatic N) is 1. The molecule has 0 aliphatic carbocycles. The van der Waals surface area contributed by atoms with Gasteiger partial charge in [0.15, 0.2) is 0 Å². The van der Waals surface area contributed by atoms with Crippen molar-refractivity contribution < 1.29 is 19.5 Å². The zero-order valence-electron chi connectivity index (χ0n) is 20.2.